The maximum atomic E-state index is 5.45. The van der Waals surface area contributed by atoms with Gasteiger partial charge in [0.15, 0.2) is 5.96 Å². The molecule has 0 saturated carbocycles. The van der Waals surface area contributed by atoms with E-state index < -0.39 is 0 Å². The molecule has 2 aliphatic rings. The highest BCUT2D eigenvalue weighted by molar-refractivity contribution is 5.79. The quantitative estimate of drug-likeness (QED) is 0.549. The lowest BCUT2D eigenvalue weighted by Gasteiger charge is -2.35. The lowest BCUT2D eigenvalue weighted by molar-refractivity contribution is 0.0625. The fourth-order valence-electron chi connectivity index (χ4n) is 3.85. The lowest BCUT2D eigenvalue weighted by Crippen LogP contribution is -2.50. The number of nitrogens with one attached hydrogen (secondary N) is 1. The van der Waals surface area contributed by atoms with Crippen LogP contribution in [0.2, 0.25) is 0 Å². The Kier molecular flexibility index (Phi) is 8.29. The van der Waals surface area contributed by atoms with Gasteiger partial charge in [0.2, 0.25) is 5.95 Å². The van der Waals surface area contributed by atoms with Gasteiger partial charge in [-0.3, -0.25) is 9.89 Å². The molecule has 0 aliphatic carbocycles. The van der Waals surface area contributed by atoms with Crippen LogP contribution in [0.5, 0.6) is 0 Å². The summed E-state index contributed by atoms with van der Waals surface area (Å²) in [6.45, 7) is 8.85. The number of piperazine rings is 1. The zero-order valence-corrected chi connectivity index (χ0v) is 17.4. The van der Waals surface area contributed by atoms with Crippen molar-refractivity contribution >= 4 is 11.9 Å². The zero-order valence-electron chi connectivity index (χ0n) is 17.4. The first-order valence-corrected chi connectivity index (χ1v) is 10.5. The second-order valence-electron chi connectivity index (χ2n) is 7.62. The van der Waals surface area contributed by atoms with Crippen molar-refractivity contribution < 1.29 is 4.74 Å². The molecule has 2 aliphatic heterocycles. The molecule has 0 amide bonds. The highest BCUT2D eigenvalue weighted by atomic mass is 16.5. The number of nitrogens with zero attached hydrogens (tertiary/aromatic N) is 6. The van der Waals surface area contributed by atoms with Crippen LogP contribution in [0.3, 0.4) is 0 Å². The van der Waals surface area contributed by atoms with Gasteiger partial charge in [0.25, 0.3) is 0 Å². The second kappa shape index (κ2) is 11.2. The van der Waals surface area contributed by atoms with Crippen molar-refractivity contribution in [2.75, 3.05) is 78.0 Å². The Bertz CT molecular complexity index is 583. The number of guanidine groups is 1. The molecule has 1 N–H and O–H groups in total. The Balaban J connectivity index is 1.32. The van der Waals surface area contributed by atoms with E-state index in [4.69, 9.17) is 4.74 Å². The van der Waals surface area contributed by atoms with Gasteiger partial charge in [0, 0.05) is 85.5 Å². The van der Waals surface area contributed by atoms with Crippen LogP contribution in [0.15, 0.2) is 23.5 Å². The van der Waals surface area contributed by atoms with E-state index in [1.165, 1.54) is 19.3 Å². The number of hydrogen-bond acceptors (Lipinski definition) is 6. The molecule has 0 radical (unpaired) electrons. The number of ether oxygens (including phenoxy) is 1. The molecular formula is C20H35N7O. The van der Waals surface area contributed by atoms with Crippen LogP contribution in [0.25, 0.3) is 0 Å². The van der Waals surface area contributed by atoms with Gasteiger partial charge in [-0.05, 0) is 31.2 Å². The Morgan fingerprint density at radius 1 is 1.21 bits per heavy atom. The zero-order chi connectivity index (χ0) is 19.6. The maximum Gasteiger partial charge on any atom is 0.225 e. The predicted molar refractivity (Wildman–Crippen MR) is 113 cm³/mol. The average molecular weight is 390 g/mol. The van der Waals surface area contributed by atoms with E-state index in [2.05, 4.69) is 42.0 Å². The molecular weight excluding hydrogens is 354 g/mol. The normalized spacial score (nSPS) is 19.6. The van der Waals surface area contributed by atoms with E-state index >= 15 is 0 Å². The van der Waals surface area contributed by atoms with Crippen LogP contribution < -0.4 is 10.2 Å². The summed E-state index contributed by atoms with van der Waals surface area (Å²) in [7, 11) is 4.00. The van der Waals surface area contributed by atoms with E-state index in [-0.39, 0.29) is 0 Å². The largest absolute Gasteiger partial charge is 0.381 e. The summed E-state index contributed by atoms with van der Waals surface area (Å²) in [6.07, 6.45) is 7.22. The molecule has 8 nitrogen and oxygen atoms in total. The number of aromatic nitrogens is 2. The van der Waals surface area contributed by atoms with Crippen molar-refractivity contribution in [1.29, 1.82) is 0 Å². The molecule has 8 heteroatoms. The van der Waals surface area contributed by atoms with Crippen LogP contribution in [0, 0.1) is 5.92 Å². The molecule has 156 valence electrons. The van der Waals surface area contributed by atoms with E-state index in [0.29, 0.717) is 0 Å². The van der Waals surface area contributed by atoms with Crippen LogP contribution >= 0.6 is 0 Å². The minimum Gasteiger partial charge on any atom is -0.381 e. The van der Waals surface area contributed by atoms with Crippen molar-refractivity contribution in [2.45, 2.75) is 19.3 Å². The molecule has 2 saturated heterocycles. The monoisotopic (exact) mass is 389 g/mol. The Labute approximate surface area is 169 Å². The SMILES string of the molecule is CN=C(NCCN1CCN(c2ncccn2)CC1)N(C)CCC1CCOCC1. The van der Waals surface area contributed by atoms with Gasteiger partial charge in [-0.15, -0.1) is 0 Å². The Morgan fingerprint density at radius 2 is 1.93 bits per heavy atom. The average Bonchev–Trinajstić information content (AvgIpc) is 2.77. The van der Waals surface area contributed by atoms with Gasteiger partial charge in [-0.1, -0.05) is 0 Å². The van der Waals surface area contributed by atoms with Crippen molar-refractivity contribution in [2.24, 2.45) is 10.9 Å². The summed E-state index contributed by atoms with van der Waals surface area (Å²) >= 11 is 0. The molecule has 1 aromatic heterocycles. The van der Waals surface area contributed by atoms with E-state index in [9.17, 15) is 0 Å². The number of aliphatic imine (C=N–C) groups is 1. The van der Waals surface area contributed by atoms with Gasteiger partial charge in [-0.2, -0.15) is 0 Å². The van der Waals surface area contributed by atoms with Crippen LogP contribution in [-0.4, -0.2) is 98.8 Å². The molecule has 0 spiro atoms. The fourth-order valence-corrected chi connectivity index (χ4v) is 3.85. The third-order valence-electron chi connectivity index (χ3n) is 5.71. The fraction of sp³-hybridized carbons (Fsp3) is 0.750. The number of anilines is 1. The van der Waals surface area contributed by atoms with E-state index in [1.54, 1.807) is 0 Å². The molecule has 3 heterocycles. The summed E-state index contributed by atoms with van der Waals surface area (Å²) in [5, 5.41) is 3.52. The van der Waals surface area contributed by atoms with Crippen molar-refractivity contribution in [3.8, 4) is 0 Å². The molecule has 3 rings (SSSR count). The minimum absolute atomic E-state index is 0.791. The van der Waals surface area contributed by atoms with Gasteiger partial charge in [-0.25, -0.2) is 9.97 Å². The van der Waals surface area contributed by atoms with Crippen molar-refractivity contribution in [1.82, 2.24) is 25.1 Å². The highest BCUT2D eigenvalue weighted by Crippen LogP contribution is 2.18. The number of rotatable bonds is 7. The summed E-state index contributed by atoms with van der Waals surface area (Å²) in [4.78, 5) is 20.1. The van der Waals surface area contributed by atoms with Crippen LogP contribution in [0.4, 0.5) is 5.95 Å². The van der Waals surface area contributed by atoms with Crippen molar-refractivity contribution in [3.05, 3.63) is 18.5 Å². The third kappa shape index (κ3) is 6.31. The molecule has 0 aromatic carbocycles. The third-order valence-corrected chi connectivity index (χ3v) is 5.71. The van der Waals surface area contributed by atoms with E-state index in [1.807, 2.05) is 25.5 Å². The second-order valence-corrected chi connectivity index (χ2v) is 7.62. The molecule has 28 heavy (non-hydrogen) atoms. The molecule has 1 aromatic rings. The maximum absolute atomic E-state index is 5.45. The van der Waals surface area contributed by atoms with Crippen LogP contribution in [0.1, 0.15) is 19.3 Å². The van der Waals surface area contributed by atoms with Gasteiger partial charge < -0.3 is 19.9 Å². The minimum atomic E-state index is 0.791. The molecule has 2 fully saturated rings. The first-order chi connectivity index (χ1) is 13.8. The van der Waals surface area contributed by atoms with E-state index in [0.717, 1.165) is 76.9 Å². The number of hydrogen-bond donors (Lipinski definition) is 1. The highest BCUT2D eigenvalue weighted by Gasteiger charge is 2.19. The lowest BCUT2D eigenvalue weighted by atomic mass is 9.96. The van der Waals surface area contributed by atoms with Gasteiger partial charge >= 0.3 is 0 Å². The van der Waals surface area contributed by atoms with Crippen LogP contribution in [-0.2, 0) is 4.74 Å². The van der Waals surface area contributed by atoms with Crippen molar-refractivity contribution in [3.63, 3.8) is 0 Å². The summed E-state index contributed by atoms with van der Waals surface area (Å²) in [6, 6.07) is 1.86. The Hall–Kier alpha value is -1.93. The molecule has 0 atom stereocenters. The van der Waals surface area contributed by atoms with Gasteiger partial charge in [0.05, 0.1) is 0 Å². The summed E-state index contributed by atoms with van der Waals surface area (Å²) < 4.78 is 5.45. The van der Waals surface area contributed by atoms with Gasteiger partial charge in [0.1, 0.15) is 0 Å². The predicted octanol–water partition coefficient (Wildman–Crippen LogP) is 0.923. The summed E-state index contributed by atoms with van der Waals surface area (Å²) in [5.41, 5.74) is 0. The summed E-state index contributed by atoms with van der Waals surface area (Å²) in [5.74, 6) is 2.62. The first-order valence-electron chi connectivity index (χ1n) is 10.5. The molecule has 0 unspecified atom stereocenters. The smallest absolute Gasteiger partial charge is 0.225 e. The standard InChI is InChI=1S/C20H35N7O/c1-21-19(25(2)10-4-18-5-16-28-17-6-18)24-9-11-26-12-14-27(15-13-26)20-22-7-3-8-23-20/h3,7-8,18H,4-6,9-17H2,1-2H3,(H,21,24). The first kappa shape index (κ1) is 20.8. The topological polar surface area (TPSA) is 69.1 Å². The Morgan fingerprint density at radius 3 is 2.61 bits per heavy atom. The molecule has 0 bridgehead atoms.